The van der Waals surface area contributed by atoms with E-state index in [1.165, 1.54) is 13.1 Å². The predicted molar refractivity (Wildman–Crippen MR) is 61.3 cm³/mol. The van der Waals surface area contributed by atoms with E-state index in [9.17, 15) is 0 Å². The lowest BCUT2D eigenvalue weighted by Gasteiger charge is -2.31. The van der Waals surface area contributed by atoms with Crippen LogP contribution < -0.4 is 5.73 Å². The van der Waals surface area contributed by atoms with Gasteiger partial charge in [0.1, 0.15) is 0 Å². The molecule has 14 heavy (non-hydrogen) atoms. The van der Waals surface area contributed by atoms with Gasteiger partial charge in [-0.05, 0) is 33.0 Å². The molecule has 3 heteroatoms. The zero-order chi connectivity index (χ0) is 10.4. The van der Waals surface area contributed by atoms with Crippen LogP contribution in [0.3, 0.4) is 0 Å². The number of nitrogens with two attached hydrogens (primary N) is 1. The van der Waals surface area contributed by atoms with Gasteiger partial charge in [0.05, 0.1) is 0 Å². The van der Waals surface area contributed by atoms with E-state index >= 15 is 0 Å². The minimum Gasteiger partial charge on any atom is -0.328 e. The summed E-state index contributed by atoms with van der Waals surface area (Å²) in [6, 6.07) is 0.442. The van der Waals surface area contributed by atoms with Crippen LogP contribution >= 0.6 is 0 Å². The van der Waals surface area contributed by atoms with Gasteiger partial charge < -0.3 is 15.5 Å². The Bertz CT molecular complexity index is 162. The number of hydrogen-bond acceptors (Lipinski definition) is 3. The van der Waals surface area contributed by atoms with Crippen molar-refractivity contribution in [3.63, 3.8) is 0 Å². The molecule has 3 nitrogen and oxygen atoms in total. The highest BCUT2D eigenvalue weighted by molar-refractivity contribution is 4.76. The number of rotatable bonds is 5. The smallest absolute Gasteiger partial charge is 0.0158 e. The molecule has 82 valence electrons. The highest BCUT2D eigenvalue weighted by Crippen LogP contribution is 2.07. The van der Waals surface area contributed by atoms with Crippen molar-refractivity contribution in [1.82, 2.24) is 9.80 Å². The van der Waals surface area contributed by atoms with Gasteiger partial charge in [-0.2, -0.15) is 0 Å². The number of likely N-dealkylation sites (N-methyl/N-ethyl adjacent to an activating group) is 1. The van der Waals surface area contributed by atoms with Crippen LogP contribution in [0.2, 0.25) is 0 Å². The molecule has 2 N–H and O–H groups in total. The van der Waals surface area contributed by atoms with Crippen LogP contribution in [-0.4, -0.2) is 55.6 Å². The normalized spacial score (nSPS) is 20.2. The van der Waals surface area contributed by atoms with E-state index in [4.69, 9.17) is 5.73 Å². The van der Waals surface area contributed by atoms with Crippen LogP contribution in [0.15, 0.2) is 12.7 Å². The lowest BCUT2D eigenvalue weighted by atomic mass is 10.1. The fraction of sp³-hybridized carbons (Fsp3) is 0.818. The van der Waals surface area contributed by atoms with E-state index in [0.29, 0.717) is 6.04 Å². The van der Waals surface area contributed by atoms with E-state index in [1.54, 1.807) is 0 Å². The van der Waals surface area contributed by atoms with Gasteiger partial charge >= 0.3 is 0 Å². The highest BCUT2D eigenvalue weighted by atomic mass is 15.2. The average Bonchev–Trinajstić information content (AvgIpc) is 2.17. The molecule has 0 aliphatic carbocycles. The maximum absolute atomic E-state index is 5.85. The van der Waals surface area contributed by atoms with Crippen LogP contribution in [0, 0.1) is 0 Å². The quantitative estimate of drug-likeness (QED) is 0.653. The summed E-state index contributed by atoms with van der Waals surface area (Å²) < 4.78 is 0. The molecule has 0 radical (unpaired) electrons. The lowest BCUT2D eigenvalue weighted by molar-refractivity contribution is 0.190. The average molecular weight is 197 g/mol. The van der Waals surface area contributed by atoms with Gasteiger partial charge in [0, 0.05) is 25.7 Å². The molecule has 1 aliphatic heterocycles. The molecule has 0 aromatic heterocycles. The van der Waals surface area contributed by atoms with Crippen molar-refractivity contribution in [3.8, 4) is 0 Å². The third-order valence-electron chi connectivity index (χ3n) is 2.87. The lowest BCUT2D eigenvalue weighted by Crippen LogP contribution is -2.42. The Kier molecular flexibility index (Phi) is 5.15. The standard InChI is InChI=1S/C11H23N3/c1-3-6-13(2)9-10-14-7-4-11(12)5-8-14/h3,11H,1,4-10,12H2,2H3. The van der Waals surface area contributed by atoms with Crippen molar-refractivity contribution in [2.45, 2.75) is 18.9 Å². The number of hydrogen-bond donors (Lipinski definition) is 1. The molecule has 0 unspecified atom stereocenters. The Hall–Kier alpha value is -0.380. The zero-order valence-electron chi connectivity index (χ0n) is 9.28. The topological polar surface area (TPSA) is 32.5 Å². The van der Waals surface area contributed by atoms with Gasteiger partial charge in [-0.25, -0.2) is 0 Å². The van der Waals surface area contributed by atoms with Crippen molar-refractivity contribution in [1.29, 1.82) is 0 Å². The molecule has 0 aromatic rings. The van der Waals surface area contributed by atoms with Crippen molar-refractivity contribution >= 4 is 0 Å². The Morgan fingerprint density at radius 1 is 1.50 bits per heavy atom. The van der Waals surface area contributed by atoms with Gasteiger partial charge in [0.25, 0.3) is 0 Å². The first-order valence-electron chi connectivity index (χ1n) is 5.49. The van der Waals surface area contributed by atoms with E-state index < -0.39 is 0 Å². The molecule has 1 heterocycles. The Balaban J connectivity index is 2.09. The summed E-state index contributed by atoms with van der Waals surface area (Å²) in [4.78, 5) is 4.80. The first-order valence-corrected chi connectivity index (χ1v) is 5.49. The second-order valence-corrected chi connectivity index (χ2v) is 4.23. The van der Waals surface area contributed by atoms with Crippen molar-refractivity contribution < 1.29 is 0 Å². The van der Waals surface area contributed by atoms with Crippen molar-refractivity contribution in [2.75, 3.05) is 39.8 Å². The Labute approximate surface area is 87.6 Å². The van der Waals surface area contributed by atoms with Crippen molar-refractivity contribution in [3.05, 3.63) is 12.7 Å². The van der Waals surface area contributed by atoms with Gasteiger partial charge in [0.15, 0.2) is 0 Å². The minimum atomic E-state index is 0.442. The summed E-state index contributed by atoms with van der Waals surface area (Å²) >= 11 is 0. The van der Waals surface area contributed by atoms with Gasteiger partial charge in [-0.3, -0.25) is 0 Å². The molecular formula is C11H23N3. The molecule has 0 atom stereocenters. The molecule has 0 saturated carbocycles. The number of likely N-dealkylation sites (tertiary alicyclic amines) is 1. The second kappa shape index (κ2) is 6.17. The Morgan fingerprint density at radius 2 is 2.14 bits per heavy atom. The SMILES string of the molecule is C=CCN(C)CCN1CCC(N)CC1. The van der Waals surface area contributed by atoms with E-state index in [0.717, 1.165) is 32.5 Å². The third-order valence-corrected chi connectivity index (χ3v) is 2.87. The van der Waals surface area contributed by atoms with Gasteiger partial charge in [-0.1, -0.05) is 6.08 Å². The summed E-state index contributed by atoms with van der Waals surface area (Å²) in [5, 5.41) is 0. The predicted octanol–water partition coefficient (Wildman–Crippen LogP) is 0.527. The molecule has 0 bridgehead atoms. The van der Waals surface area contributed by atoms with Gasteiger partial charge in [0.2, 0.25) is 0 Å². The minimum absolute atomic E-state index is 0.442. The summed E-state index contributed by atoms with van der Waals surface area (Å²) in [6.07, 6.45) is 4.27. The van der Waals surface area contributed by atoms with Crippen LogP contribution in [0.25, 0.3) is 0 Å². The van der Waals surface area contributed by atoms with Crippen LogP contribution in [0.5, 0.6) is 0 Å². The maximum Gasteiger partial charge on any atom is 0.0158 e. The number of piperidine rings is 1. The first kappa shape index (κ1) is 11.7. The molecular weight excluding hydrogens is 174 g/mol. The molecule has 0 spiro atoms. The molecule has 1 fully saturated rings. The first-order chi connectivity index (χ1) is 6.72. The third kappa shape index (κ3) is 4.22. The monoisotopic (exact) mass is 197 g/mol. The largest absolute Gasteiger partial charge is 0.328 e. The summed E-state index contributed by atoms with van der Waals surface area (Å²) in [6.45, 7) is 9.34. The highest BCUT2D eigenvalue weighted by Gasteiger charge is 2.15. The van der Waals surface area contributed by atoms with Crippen molar-refractivity contribution in [2.24, 2.45) is 5.73 Å². The van der Waals surface area contributed by atoms with Crippen LogP contribution in [0.1, 0.15) is 12.8 Å². The van der Waals surface area contributed by atoms with E-state index in [1.807, 2.05) is 6.08 Å². The molecule has 1 rings (SSSR count). The molecule has 0 amide bonds. The van der Waals surface area contributed by atoms with Gasteiger partial charge in [-0.15, -0.1) is 6.58 Å². The van der Waals surface area contributed by atoms with E-state index in [-0.39, 0.29) is 0 Å². The fourth-order valence-electron chi connectivity index (χ4n) is 1.80. The van der Waals surface area contributed by atoms with E-state index in [2.05, 4.69) is 23.4 Å². The maximum atomic E-state index is 5.85. The summed E-state index contributed by atoms with van der Waals surface area (Å²) in [5.41, 5.74) is 5.85. The zero-order valence-corrected chi connectivity index (χ0v) is 9.28. The number of nitrogens with zero attached hydrogens (tertiary/aromatic N) is 2. The summed E-state index contributed by atoms with van der Waals surface area (Å²) in [5.74, 6) is 0. The fourth-order valence-corrected chi connectivity index (χ4v) is 1.80. The molecule has 0 aromatic carbocycles. The molecule has 1 saturated heterocycles. The van der Waals surface area contributed by atoms with Crippen LogP contribution in [0.4, 0.5) is 0 Å². The summed E-state index contributed by atoms with van der Waals surface area (Å²) in [7, 11) is 2.14. The molecule has 1 aliphatic rings. The second-order valence-electron chi connectivity index (χ2n) is 4.23. The Morgan fingerprint density at radius 3 is 2.71 bits per heavy atom. The van der Waals surface area contributed by atoms with Crippen LogP contribution in [-0.2, 0) is 0 Å².